The number of nitrogens with zero attached hydrogens (tertiary/aromatic N) is 2. The number of halogens is 1. The number of thiophene rings is 1. The summed E-state index contributed by atoms with van der Waals surface area (Å²) in [6, 6.07) is 7.37. The molecule has 3 aromatic rings. The first kappa shape index (κ1) is 19.6. The molecule has 2 aromatic heterocycles. The molecule has 0 fully saturated rings. The molecular formula is C20H22ClN3O2S. The first-order valence-electron chi connectivity index (χ1n) is 9.05. The van der Waals surface area contributed by atoms with Gasteiger partial charge in [-0.3, -0.25) is 0 Å². The molecule has 0 unspecified atom stereocenters. The first-order chi connectivity index (χ1) is 12.8. The van der Waals surface area contributed by atoms with Crippen molar-refractivity contribution in [2.45, 2.75) is 39.0 Å². The van der Waals surface area contributed by atoms with Crippen molar-refractivity contribution in [3.63, 3.8) is 0 Å². The molecule has 0 bridgehead atoms. The molecule has 0 amide bonds. The average Bonchev–Trinajstić information content (AvgIpc) is 3.06. The lowest BCUT2D eigenvalue weighted by atomic mass is 9.97. The SMILES string of the molecule is CCCOC(=O)c1cccc(Nc2ncnc3sc4c(c23)CCCC4)c1.Cl. The predicted octanol–water partition coefficient (Wildman–Crippen LogP) is 5.30. The highest BCUT2D eigenvalue weighted by atomic mass is 35.5. The summed E-state index contributed by atoms with van der Waals surface area (Å²) in [6.45, 7) is 2.41. The molecule has 1 aliphatic rings. The minimum atomic E-state index is -0.295. The van der Waals surface area contributed by atoms with E-state index in [1.807, 2.05) is 25.1 Å². The molecule has 0 spiro atoms. The van der Waals surface area contributed by atoms with Crippen molar-refractivity contribution in [2.75, 3.05) is 11.9 Å². The van der Waals surface area contributed by atoms with Crippen LogP contribution in [0.4, 0.5) is 11.5 Å². The average molecular weight is 404 g/mol. The van der Waals surface area contributed by atoms with E-state index in [9.17, 15) is 4.79 Å². The van der Waals surface area contributed by atoms with E-state index >= 15 is 0 Å². The van der Waals surface area contributed by atoms with Crippen molar-refractivity contribution in [1.29, 1.82) is 0 Å². The zero-order valence-electron chi connectivity index (χ0n) is 15.2. The number of aryl methyl sites for hydroxylation is 2. The molecule has 2 heterocycles. The largest absolute Gasteiger partial charge is 0.462 e. The molecule has 27 heavy (non-hydrogen) atoms. The van der Waals surface area contributed by atoms with E-state index < -0.39 is 0 Å². The van der Waals surface area contributed by atoms with Crippen molar-refractivity contribution < 1.29 is 9.53 Å². The van der Waals surface area contributed by atoms with Crippen LogP contribution < -0.4 is 5.32 Å². The fourth-order valence-corrected chi connectivity index (χ4v) is 4.55. The summed E-state index contributed by atoms with van der Waals surface area (Å²) < 4.78 is 5.22. The predicted molar refractivity (Wildman–Crippen MR) is 112 cm³/mol. The molecule has 0 radical (unpaired) electrons. The van der Waals surface area contributed by atoms with Gasteiger partial charge in [0, 0.05) is 10.6 Å². The number of hydrogen-bond acceptors (Lipinski definition) is 6. The Labute approximate surface area is 168 Å². The Morgan fingerprint density at radius 2 is 2.11 bits per heavy atom. The second-order valence-corrected chi connectivity index (χ2v) is 7.54. The van der Waals surface area contributed by atoms with Crippen LogP contribution in [0.1, 0.15) is 47.0 Å². The topological polar surface area (TPSA) is 64.1 Å². The molecule has 0 saturated carbocycles. The normalized spacial score (nSPS) is 12.9. The van der Waals surface area contributed by atoms with Crippen LogP contribution in [-0.2, 0) is 17.6 Å². The zero-order valence-corrected chi connectivity index (χ0v) is 16.8. The van der Waals surface area contributed by atoms with Crippen molar-refractivity contribution in [1.82, 2.24) is 9.97 Å². The van der Waals surface area contributed by atoms with Gasteiger partial charge in [-0.15, -0.1) is 23.7 Å². The van der Waals surface area contributed by atoms with Gasteiger partial charge in [0.05, 0.1) is 17.6 Å². The standard InChI is InChI=1S/C20H21N3O2S.ClH/c1-2-10-25-20(24)13-6-5-7-14(11-13)23-18-17-15-8-3-4-9-16(15)26-19(17)22-12-21-18;/h5-7,11-12H,2-4,8-10H2,1H3,(H,21,22,23);1H. The van der Waals surface area contributed by atoms with E-state index in [1.54, 1.807) is 23.7 Å². The number of benzene rings is 1. The van der Waals surface area contributed by atoms with Gasteiger partial charge < -0.3 is 10.1 Å². The van der Waals surface area contributed by atoms with E-state index in [1.165, 1.54) is 23.3 Å². The molecule has 142 valence electrons. The number of hydrogen-bond donors (Lipinski definition) is 1. The third-order valence-corrected chi connectivity index (χ3v) is 5.75. The van der Waals surface area contributed by atoms with Gasteiger partial charge in [0.1, 0.15) is 17.0 Å². The Bertz CT molecular complexity index is 958. The highest BCUT2D eigenvalue weighted by Gasteiger charge is 2.20. The number of aromatic nitrogens is 2. The van der Waals surface area contributed by atoms with Gasteiger partial charge in [-0.25, -0.2) is 14.8 Å². The van der Waals surface area contributed by atoms with E-state index in [0.717, 1.165) is 41.0 Å². The third-order valence-electron chi connectivity index (χ3n) is 4.55. The lowest BCUT2D eigenvalue weighted by molar-refractivity contribution is 0.0505. The Hall–Kier alpha value is -2.18. The maximum absolute atomic E-state index is 12.1. The highest BCUT2D eigenvalue weighted by molar-refractivity contribution is 7.19. The second kappa shape index (κ2) is 8.67. The zero-order chi connectivity index (χ0) is 17.9. The maximum Gasteiger partial charge on any atom is 0.338 e. The molecule has 0 saturated heterocycles. The van der Waals surface area contributed by atoms with Crippen LogP contribution in [0.25, 0.3) is 10.2 Å². The Morgan fingerprint density at radius 1 is 1.26 bits per heavy atom. The lowest BCUT2D eigenvalue weighted by Crippen LogP contribution is -2.06. The van der Waals surface area contributed by atoms with Gasteiger partial charge in [-0.05, 0) is 55.9 Å². The van der Waals surface area contributed by atoms with Crippen molar-refractivity contribution in [3.8, 4) is 0 Å². The molecule has 0 atom stereocenters. The summed E-state index contributed by atoms with van der Waals surface area (Å²) in [5.74, 6) is 0.518. The first-order valence-corrected chi connectivity index (χ1v) is 9.87. The van der Waals surface area contributed by atoms with Crippen LogP contribution in [0.15, 0.2) is 30.6 Å². The van der Waals surface area contributed by atoms with Crippen LogP contribution in [-0.4, -0.2) is 22.5 Å². The van der Waals surface area contributed by atoms with Gasteiger partial charge in [0.15, 0.2) is 0 Å². The van der Waals surface area contributed by atoms with Crippen LogP contribution in [0.3, 0.4) is 0 Å². The van der Waals surface area contributed by atoms with E-state index in [4.69, 9.17) is 4.74 Å². The van der Waals surface area contributed by atoms with E-state index in [-0.39, 0.29) is 18.4 Å². The van der Waals surface area contributed by atoms with Gasteiger partial charge in [-0.1, -0.05) is 13.0 Å². The fourth-order valence-electron chi connectivity index (χ4n) is 3.32. The number of anilines is 2. The molecule has 1 aromatic carbocycles. The van der Waals surface area contributed by atoms with E-state index in [2.05, 4.69) is 15.3 Å². The van der Waals surface area contributed by atoms with Crippen molar-refractivity contribution >= 4 is 51.4 Å². The smallest absolute Gasteiger partial charge is 0.338 e. The number of nitrogens with one attached hydrogen (secondary N) is 1. The monoisotopic (exact) mass is 403 g/mol. The second-order valence-electron chi connectivity index (χ2n) is 6.46. The van der Waals surface area contributed by atoms with Gasteiger partial charge in [-0.2, -0.15) is 0 Å². The lowest BCUT2D eigenvalue weighted by Gasteiger charge is -2.13. The van der Waals surface area contributed by atoms with Crippen LogP contribution in [0.2, 0.25) is 0 Å². The molecule has 1 N–H and O–H groups in total. The van der Waals surface area contributed by atoms with Crippen LogP contribution >= 0.6 is 23.7 Å². The van der Waals surface area contributed by atoms with Crippen LogP contribution in [0, 0.1) is 0 Å². The van der Waals surface area contributed by atoms with Gasteiger partial charge in [0.2, 0.25) is 0 Å². The summed E-state index contributed by atoms with van der Waals surface area (Å²) >= 11 is 1.78. The number of carbonyl (C=O) groups excluding carboxylic acids is 1. The summed E-state index contributed by atoms with van der Waals surface area (Å²) in [5.41, 5.74) is 2.76. The number of carbonyl (C=O) groups is 1. The Balaban J connectivity index is 0.00000210. The Morgan fingerprint density at radius 3 is 2.96 bits per heavy atom. The molecule has 7 heteroatoms. The van der Waals surface area contributed by atoms with Gasteiger partial charge in [0.25, 0.3) is 0 Å². The summed E-state index contributed by atoms with van der Waals surface area (Å²) in [7, 11) is 0. The fraction of sp³-hybridized carbons (Fsp3) is 0.350. The number of esters is 1. The summed E-state index contributed by atoms with van der Waals surface area (Å²) in [5, 5.41) is 4.51. The van der Waals surface area contributed by atoms with Crippen molar-refractivity contribution in [2.24, 2.45) is 0 Å². The molecular weight excluding hydrogens is 382 g/mol. The van der Waals surface area contributed by atoms with Crippen LogP contribution in [0.5, 0.6) is 0 Å². The Kier molecular flexibility index (Phi) is 6.29. The van der Waals surface area contributed by atoms with Crippen molar-refractivity contribution in [3.05, 3.63) is 46.6 Å². The molecule has 5 nitrogen and oxygen atoms in total. The van der Waals surface area contributed by atoms with E-state index in [0.29, 0.717) is 12.2 Å². The number of ether oxygens (including phenoxy) is 1. The van der Waals surface area contributed by atoms with Gasteiger partial charge >= 0.3 is 5.97 Å². The molecule has 4 rings (SSSR count). The third kappa shape index (κ3) is 4.06. The molecule has 1 aliphatic carbocycles. The minimum absolute atomic E-state index is 0. The quantitative estimate of drug-likeness (QED) is 0.585. The minimum Gasteiger partial charge on any atom is -0.462 e. The number of fused-ring (bicyclic) bond motifs is 3. The maximum atomic E-state index is 12.1. The number of rotatable bonds is 5. The summed E-state index contributed by atoms with van der Waals surface area (Å²) in [6.07, 6.45) is 7.09. The molecule has 0 aliphatic heterocycles. The highest BCUT2D eigenvalue weighted by Crippen LogP contribution is 2.38. The summed E-state index contributed by atoms with van der Waals surface area (Å²) in [4.78, 5) is 23.5.